The van der Waals surface area contributed by atoms with Gasteiger partial charge in [-0.1, -0.05) is 6.42 Å². The molecule has 0 radical (unpaired) electrons. The van der Waals surface area contributed by atoms with Crippen molar-refractivity contribution < 1.29 is 0 Å². The highest BCUT2D eigenvalue weighted by Crippen LogP contribution is 2.38. The van der Waals surface area contributed by atoms with Crippen LogP contribution in [0.1, 0.15) is 30.7 Å². The Balaban J connectivity index is 2.34. The van der Waals surface area contributed by atoms with Gasteiger partial charge in [0.25, 0.3) is 0 Å². The average Bonchev–Trinajstić information content (AvgIpc) is 1.93. The van der Waals surface area contributed by atoms with Gasteiger partial charge in [-0.3, -0.25) is 0 Å². The van der Waals surface area contributed by atoms with Crippen molar-refractivity contribution in [1.82, 2.24) is 4.98 Å². The van der Waals surface area contributed by atoms with E-state index in [1.54, 1.807) is 6.20 Å². The Kier molecular flexibility index (Phi) is 1.64. The summed E-state index contributed by atoms with van der Waals surface area (Å²) in [6.07, 6.45) is 5.38. The molecule has 2 rings (SSSR count). The summed E-state index contributed by atoms with van der Waals surface area (Å²) in [6.45, 7) is 0. The van der Waals surface area contributed by atoms with Gasteiger partial charge in [0.15, 0.2) is 0 Å². The second-order valence-corrected chi connectivity index (χ2v) is 3.37. The number of nitrogens with zero attached hydrogens (tertiary/aromatic N) is 1. The molecule has 1 aromatic heterocycles. The molecule has 1 aromatic rings. The number of nitrogen functional groups attached to an aromatic ring is 2. The molecule has 1 aliphatic carbocycles. The number of pyridine rings is 1. The number of anilines is 2. The highest BCUT2D eigenvalue weighted by atomic mass is 14.8. The second-order valence-electron chi connectivity index (χ2n) is 3.37. The third kappa shape index (κ3) is 1.11. The fraction of sp³-hybridized carbons (Fsp3) is 0.444. The predicted octanol–water partition coefficient (Wildman–Crippen LogP) is 1.51. The summed E-state index contributed by atoms with van der Waals surface area (Å²) in [4.78, 5) is 4.03. The largest absolute Gasteiger partial charge is 0.397 e. The average molecular weight is 163 g/mol. The molecule has 0 spiro atoms. The minimum absolute atomic E-state index is 0.612. The van der Waals surface area contributed by atoms with Crippen molar-refractivity contribution in [3.63, 3.8) is 0 Å². The first-order valence-electron chi connectivity index (χ1n) is 4.28. The Morgan fingerprint density at radius 2 is 2.08 bits per heavy atom. The van der Waals surface area contributed by atoms with Crippen molar-refractivity contribution in [3.05, 3.63) is 17.8 Å². The van der Waals surface area contributed by atoms with Gasteiger partial charge in [0, 0.05) is 0 Å². The molecule has 1 fully saturated rings. The van der Waals surface area contributed by atoms with Gasteiger partial charge in [-0.05, 0) is 30.4 Å². The van der Waals surface area contributed by atoms with Crippen molar-refractivity contribution in [2.24, 2.45) is 0 Å². The second kappa shape index (κ2) is 2.66. The number of nitrogens with two attached hydrogens (primary N) is 2. The third-order valence-electron chi connectivity index (χ3n) is 2.52. The zero-order valence-electron chi connectivity index (χ0n) is 6.96. The van der Waals surface area contributed by atoms with E-state index in [1.165, 1.54) is 19.3 Å². The smallest absolute Gasteiger partial charge is 0.126 e. The summed E-state index contributed by atoms with van der Waals surface area (Å²) in [5.74, 6) is 1.26. The van der Waals surface area contributed by atoms with Crippen LogP contribution in [-0.2, 0) is 0 Å². The van der Waals surface area contributed by atoms with Crippen LogP contribution >= 0.6 is 0 Å². The fourth-order valence-corrected chi connectivity index (χ4v) is 1.56. The van der Waals surface area contributed by atoms with Gasteiger partial charge >= 0.3 is 0 Å². The summed E-state index contributed by atoms with van der Waals surface area (Å²) in [5.41, 5.74) is 13.2. The molecule has 0 aromatic carbocycles. The maximum atomic E-state index is 5.73. The fourth-order valence-electron chi connectivity index (χ4n) is 1.56. The van der Waals surface area contributed by atoms with Crippen LogP contribution in [0.15, 0.2) is 12.3 Å². The Hall–Kier alpha value is -1.25. The Bertz CT molecular complexity index is 292. The van der Waals surface area contributed by atoms with Crippen LogP contribution in [0.5, 0.6) is 0 Å². The molecule has 0 bridgehead atoms. The van der Waals surface area contributed by atoms with Gasteiger partial charge in [-0.2, -0.15) is 0 Å². The van der Waals surface area contributed by atoms with Gasteiger partial charge < -0.3 is 11.5 Å². The van der Waals surface area contributed by atoms with E-state index in [4.69, 9.17) is 11.5 Å². The van der Waals surface area contributed by atoms with Gasteiger partial charge in [-0.25, -0.2) is 4.98 Å². The van der Waals surface area contributed by atoms with Crippen LogP contribution in [0.2, 0.25) is 0 Å². The van der Waals surface area contributed by atoms with Crippen LogP contribution in [0.3, 0.4) is 0 Å². The Morgan fingerprint density at radius 1 is 1.33 bits per heavy atom. The lowest BCUT2D eigenvalue weighted by molar-refractivity contribution is 0.420. The van der Waals surface area contributed by atoms with Crippen molar-refractivity contribution in [3.8, 4) is 0 Å². The first kappa shape index (κ1) is 7.40. The van der Waals surface area contributed by atoms with Gasteiger partial charge in [0.05, 0.1) is 11.9 Å². The number of aromatic nitrogens is 1. The van der Waals surface area contributed by atoms with E-state index in [0.717, 1.165) is 5.56 Å². The molecule has 0 saturated heterocycles. The lowest BCUT2D eigenvalue weighted by atomic mass is 9.80. The zero-order valence-corrected chi connectivity index (χ0v) is 6.96. The van der Waals surface area contributed by atoms with Crippen LogP contribution < -0.4 is 11.5 Å². The normalized spacial score (nSPS) is 17.3. The van der Waals surface area contributed by atoms with E-state index < -0.39 is 0 Å². The van der Waals surface area contributed by atoms with Crippen molar-refractivity contribution in [2.75, 3.05) is 11.5 Å². The van der Waals surface area contributed by atoms with Gasteiger partial charge in [0.2, 0.25) is 0 Å². The molecular weight excluding hydrogens is 150 g/mol. The Labute approximate surface area is 71.8 Å². The summed E-state index contributed by atoms with van der Waals surface area (Å²) in [7, 11) is 0. The predicted molar refractivity (Wildman–Crippen MR) is 49.7 cm³/mol. The number of hydrogen-bond donors (Lipinski definition) is 2. The molecule has 1 saturated carbocycles. The zero-order chi connectivity index (χ0) is 8.55. The Morgan fingerprint density at radius 3 is 2.67 bits per heavy atom. The monoisotopic (exact) mass is 163 g/mol. The first-order valence-corrected chi connectivity index (χ1v) is 4.28. The lowest BCUT2D eigenvalue weighted by Gasteiger charge is -2.26. The minimum atomic E-state index is 0.612. The van der Waals surface area contributed by atoms with E-state index in [0.29, 0.717) is 17.4 Å². The standard InChI is InChI=1S/C9H13N3/c10-7-4-8(6-2-1-3-6)9(11)12-5-7/h4-6H,1-3,10H2,(H2,11,12). The van der Waals surface area contributed by atoms with Crippen molar-refractivity contribution in [1.29, 1.82) is 0 Å². The molecule has 1 aliphatic rings. The SMILES string of the molecule is Nc1cnc(N)c(C2CCC2)c1. The van der Waals surface area contributed by atoms with E-state index in [-0.39, 0.29) is 0 Å². The summed E-state index contributed by atoms with van der Waals surface area (Å²) in [6, 6.07) is 1.95. The van der Waals surface area contributed by atoms with Crippen LogP contribution in [0.25, 0.3) is 0 Å². The van der Waals surface area contributed by atoms with E-state index >= 15 is 0 Å². The van der Waals surface area contributed by atoms with Crippen LogP contribution in [-0.4, -0.2) is 4.98 Å². The van der Waals surface area contributed by atoms with Gasteiger partial charge in [-0.15, -0.1) is 0 Å². The quantitative estimate of drug-likeness (QED) is 0.659. The summed E-state index contributed by atoms with van der Waals surface area (Å²) >= 11 is 0. The molecule has 64 valence electrons. The molecule has 3 nitrogen and oxygen atoms in total. The van der Waals surface area contributed by atoms with Crippen LogP contribution in [0, 0.1) is 0 Å². The van der Waals surface area contributed by atoms with Gasteiger partial charge in [0.1, 0.15) is 5.82 Å². The molecule has 0 aliphatic heterocycles. The maximum Gasteiger partial charge on any atom is 0.126 e. The minimum Gasteiger partial charge on any atom is -0.397 e. The van der Waals surface area contributed by atoms with E-state index in [9.17, 15) is 0 Å². The van der Waals surface area contributed by atoms with E-state index in [1.807, 2.05) is 6.07 Å². The molecule has 0 amide bonds. The highest BCUT2D eigenvalue weighted by Gasteiger charge is 2.21. The third-order valence-corrected chi connectivity index (χ3v) is 2.52. The molecule has 0 unspecified atom stereocenters. The maximum absolute atomic E-state index is 5.73. The summed E-state index contributed by atoms with van der Waals surface area (Å²) in [5, 5.41) is 0. The summed E-state index contributed by atoms with van der Waals surface area (Å²) < 4.78 is 0. The van der Waals surface area contributed by atoms with E-state index in [2.05, 4.69) is 4.98 Å². The first-order chi connectivity index (χ1) is 5.77. The molecule has 12 heavy (non-hydrogen) atoms. The number of rotatable bonds is 1. The lowest BCUT2D eigenvalue weighted by Crippen LogP contribution is -2.12. The molecule has 3 heteroatoms. The molecule has 4 N–H and O–H groups in total. The molecule has 1 heterocycles. The van der Waals surface area contributed by atoms with Crippen LogP contribution in [0.4, 0.5) is 11.5 Å². The highest BCUT2D eigenvalue weighted by molar-refractivity contribution is 5.50. The molecule has 0 atom stereocenters. The van der Waals surface area contributed by atoms with Crippen molar-refractivity contribution >= 4 is 11.5 Å². The topological polar surface area (TPSA) is 64.9 Å². The van der Waals surface area contributed by atoms with Crippen molar-refractivity contribution in [2.45, 2.75) is 25.2 Å². The number of hydrogen-bond acceptors (Lipinski definition) is 3. The molecular formula is C9H13N3.